The highest BCUT2D eigenvalue weighted by Crippen LogP contribution is 2.37. The molecule has 32 heavy (non-hydrogen) atoms. The van der Waals surface area contributed by atoms with Crippen LogP contribution in [0.3, 0.4) is 0 Å². The van der Waals surface area contributed by atoms with Crippen molar-refractivity contribution in [2.75, 3.05) is 11.1 Å². The molecule has 0 unspecified atom stereocenters. The van der Waals surface area contributed by atoms with Crippen molar-refractivity contribution in [2.24, 2.45) is 0 Å². The fraction of sp³-hybridized carbons (Fsp3) is 0.250. The van der Waals surface area contributed by atoms with Gasteiger partial charge in [-0.1, -0.05) is 36.0 Å². The maximum atomic E-state index is 12.9. The predicted octanol–water partition coefficient (Wildman–Crippen LogP) is 5.20. The Bertz CT molecular complexity index is 1390. The molecular formula is C24H22N4O2S2. The number of nitrogens with one attached hydrogen (secondary N) is 1. The van der Waals surface area contributed by atoms with Crippen LogP contribution >= 0.6 is 23.1 Å². The normalized spacial score (nSPS) is 13.4. The van der Waals surface area contributed by atoms with Gasteiger partial charge >= 0.3 is 0 Å². The molecule has 0 aliphatic heterocycles. The second-order valence-electron chi connectivity index (χ2n) is 7.99. The molecule has 0 saturated heterocycles. The summed E-state index contributed by atoms with van der Waals surface area (Å²) in [4.78, 5) is 34.8. The van der Waals surface area contributed by atoms with E-state index in [4.69, 9.17) is 0 Å². The standard InChI is InChI=1S/C24H22N4O2S2/c1-14-7-8-16(11-15(14)2)20-12-31-23(25-20)27-21(29)13-32-24-26-19-6-4-3-5-18(19)22(30)28(24)17-9-10-17/h3-8,11-12,17H,9-10,13H2,1-2H3,(H,25,27,29). The molecule has 1 aliphatic rings. The number of carbonyl (C=O) groups excluding carboxylic acids is 1. The number of thioether (sulfide) groups is 1. The molecule has 2 heterocycles. The van der Waals surface area contributed by atoms with Crippen LogP contribution in [-0.4, -0.2) is 26.2 Å². The third-order valence-electron chi connectivity index (χ3n) is 5.57. The van der Waals surface area contributed by atoms with Crippen LogP contribution in [0.4, 0.5) is 5.13 Å². The molecule has 162 valence electrons. The molecule has 1 fully saturated rings. The number of fused-ring (bicyclic) bond motifs is 1. The molecule has 1 aliphatic carbocycles. The number of nitrogens with zero attached hydrogens (tertiary/aromatic N) is 3. The van der Waals surface area contributed by atoms with E-state index in [1.54, 1.807) is 10.6 Å². The van der Waals surface area contributed by atoms with E-state index >= 15 is 0 Å². The van der Waals surface area contributed by atoms with E-state index in [2.05, 4.69) is 41.3 Å². The molecule has 8 heteroatoms. The van der Waals surface area contributed by atoms with E-state index in [1.807, 2.05) is 29.6 Å². The Morgan fingerprint density at radius 2 is 1.97 bits per heavy atom. The lowest BCUT2D eigenvalue weighted by Crippen LogP contribution is -2.23. The van der Waals surface area contributed by atoms with Crippen molar-refractivity contribution in [2.45, 2.75) is 37.9 Å². The van der Waals surface area contributed by atoms with Gasteiger partial charge < -0.3 is 5.32 Å². The molecular weight excluding hydrogens is 440 g/mol. The van der Waals surface area contributed by atoms with E-state index in [-0.39, 0.29) is 23.3 Å². The van der Waals surface area contributed by atoms with Crippen molar-refractivity contribution < 1.29 is 4.79 Å². The smallest absolute Gasteiger partial charge is 0.262 e. The molecule has 5 rings (SSSR count). The molecule has 1 amide bonds. The summed E-state index contributed by atoms with van der Waals surface area (Å²) in [5, 5.41) is 6.61. The third kappa shape index (κ3) is 4.20. The summed E-state index contributed by atoms with van der Waals surface area (Å²) in [6.07, 6.45) is 1.94. The average molecular weight is 463 g/mol. The van der Waals surface area contributed by atoms with Crippen LogP contribution in [0.5, 0.6) is 0 Å². The number of aromatic nitrogens is 3. The van der Waals surface area contributed by atoms with Gasteiger partial charge in [0.05, 0.1) is 22.3 Å². The lowest BCUT2D eigenvalue weighted by Gasteiger charge is -2.12. The second kappa shape index (κ2) is 8.52. The van der Waals surface area contributed by atoms with Crippen molar-refractivity contribution >= 4 is 45.0 Å². The monoisotopic (exact) mass is 462 g/mol. The molecule has 4 aromatic rings. The molecule has 1 N–H and O–H groups in total. The molecule has 6 nitrogen and oxygen atoms in total. The lowest BCUT2D eigenvalue weighted by molar-refractivity contribution is -0.113. The summed E-state index contributed by atoms with van der Waals surface area (Å²) < 4.78 is 1.75. The zero-order valence-electron chi connectivity index (χ0n) is 17.8. The number of anilines is 1. The third-order valence-corrected chi connectivity index (χ3v) is 7.28. The zero-order valence-corrected chi connectivity index (χ0v) is 19.4. The summed E-state index contributed by atoms with van der Waals surface area (Å²) in [6.45, 7) is 4.16. The van der Waals surface area contributed by atoms with E-state index < -0.39 is 0 Å². The molecule has 2 aromatic carbocycles. The highest BCUT2D eigenvalue weighted by Gasteiger charge is 2.28. The fourth-order valence-electron chi connectivity index (χ4n) is 3.53. The van der Waals surface area contributed by atoms with Crippen LogP contribution in [0.25, 0.3) is 22.2 Å². The minimum absolute atomic E-state index is 0.0287. The number of carbonyl (C=O) groups is 1. The Labute approximate surface area is 193 Å². The fourth-order valence-corrected chi connectivity index (χ4v) is 5.13. The maximum absolute atomic E-state index is 12.9. The van der Waals surface area contributed by atoms with Gasteiger partial charge in [-0.3, -0.25) is 14.2 Å². The average Bonchev–Trinajstić information content (AvgIpc) is 3.52. The van der Waals surface area contributed by atoms with E-state index in [9.17, 15) is 9.59 Å². The van der Waals surface area contributed by atoms with Crippen molar-refractivity contribution in [1.82, 2.24) is 14.5 Å². The summed E-state index contributed by atoms with van der Waals surface area (Å²) in [6, 6.07) is 13.8. The van der Waals surface area contributed by atoms with Gasteiger partial charge in [-0.2, -0.15) is 0 Å². The number of amides is 1. The quantitative estimate of drug-likeness (QED) is 0.315. The molecule has 2 aromatic heterocycles. The Balaban J connectivity index is 1.30. The number of thiazole rings is 1. The Kier molecular flexibility index (Phi) is 5.57. The summed E-state index contributed by atoms with van der Waals surface area (Å²) in [5.74, 6) is -0.00323. The van der Waals surface area contributed by atoms with E-state index in [1.165, 1.54) is 34.2 Å². The van der Waals surface area contributed by atoms with Crippen molar-refractivity contribution in [3.63, 3.8) is 0 Å². The minimum atomic E-state index is -0.166. The van der Waals surface area contributed by atoms with Crippen LogP contribution in [0.15, 0.2) is 57.8 Å². The Morgan fingerprint density at radius 1 is 1.16 bits per heavy atom. The van der Waals surface area contributed by atoms with Gasteiger partial charge in [0.1, 0.15) is 0 Å². The van der Waals surface area contributed by atoms with Gasteiger partial charge in [-0.05, 0) is 56.0 Å². The summed E-state index contributed by atoms with van der Waals surface area (Å²) in [5.41, 5.74) is 4.96. The molecule has 0 bridgehead atoms. The first-order chi connectivity index (χ1) is 15.5. The minimum Gasteiger partial charge on any atom is -0.301 e. The van der Waals surface area contributed by atoms with Crippen molar-refractivity contribution in [3.05, 3.63) is 69.3 Å². The van der Waals surface area contributed by atoms with E-state index in [0.717, 1.165) is 24.1 Å². The van der Waals surface area contributed by atoms with Gasteiger partial charge in [0.25, 0.3) is 5.56 Å². The highest BCUT2D eigenvalue weighted by atomic mass is 32.2. The van der Waals surface area contributed by atoms with E-state index in [0.29, 0.717) is 21.2 Å². The SMILES string of the molecule is Cc1ccc(-c2csc(NC(=O)CSc3nc4ccccc4c(=O)n3C3CC3)n2)cc1C. The highest BCUT2D eigenvalue weighted by molar-refractivity contribution is 7.99. The zero-order chi connectivity index (χ0) is 22.2. The maximum Gasteiger partial charge on any atom is 0.262 e. The number of hydrogen-bond donors (Lipinski definition) is 1. The molecule has 1 saturated carbocycles. The lowest BCUT2D eigenvalue weighted by atomic mass is 10.1. The number of benzene rings is 2. The number of aryl methyl sites for hydroxylation is 2. The van der Waals surface area contributed by atoms with Gasteiger partial charge in [0.15, 0.2) is 10.3 Å². The van der Waals surface area contributed by atoms with Gasteiger partial charge in [0, 0.05) is 17.0 Å². The van der Waals surface area contributed by atoms with Gasteiger partial charge in [0.2, 0.25) is 5.91 Å². The summed E-state index contributed by atoms with van der Waals surface area (Å²) in [7, 11) is 0. The first-order valence-electron chi connectivity index (χ1n) is 10.5. The van der Waals surface area contributed by atoms with Crippen LogP contribution in [0.1, 0.15) is 30.0 Å². The van der Waals surface area contributed by atoms with Gasteiger partial charge in [-0.25, -0.2) is 9.97 Å². The predicted molar refractivity (Wildman–Crippen MR) is 131 cm³/mol. The second-order valence-corrected chi connectivity index (χ2v) is 9.79. The summed E-state index contributed by atoms with van der Waals surface area (Å²) >= 11 is 2.70. The van der Waals surface area contributed by atoms with Crippen LogP contribution in [0, 0.1) is 13.8 Å². The van der Waals surface area contributed by atoms with Crippen LogP contribution in [0.2, 0.25) is 0 Å². The van der Waals surface area contributed by atoms with Gasteiger partial charge in [-0.15, -0.1) is 11.3 Å². The largest absolute Gasteiger partial charge is 0.301 e. The number of hydrogen-bond acceptors (Lipinski definition) is 6. The van der Waals surface area contributed by atoms with Crippen LogP contribution < -0.4 is 10.9 Å². The molecule has 0 radical (unpaired) electrons. The first-order valence-corrected chi connectivity index (χ1v) is 12.3. The molecule has 0 atom stereocenters. The Hall–Kier alpha value is -2.97. The van der Waals surface area contributed by atoms with Crippen LogP contribution in [-0.2, 0) is 4.79 Å². The number of para-hydroxylation sites is 1. The first kappa shape index (κ1) is 20.9. The molecule has 0 spiro atoms. The van der Waals surface area contributed by atoms with Crippen molar-refractivity contribution in [1.29, 1.82) is 0 Å². The Morgan fingerprint density at radius 3 is 2.75 bits per heavy atom. The number of rotatable bonds is 6. The van der Waals surface area contributed by atoms with Crippen molar-refractivity contribution in [3.8, 4) is 11.3 Å². The topological polar surface area (TPSA) is 76.9 Å².